The van der Waals surface area contributed by atoms with Crippen molar-refractivity contribution >= 4 is 16.7 Å². The molecule has 0 amide bonds. The van der Waals surface area contributed by atoms with Crippen LogP contribution < -0.4 is 0 Å². The first-order chi connectivity index (χ1) is 8.27. The van der Waals surface area contributed by atoms with E-state index in [0.717, 1.165) is 16.3 Å². The number of fused-ring (bicyclic) bond motifs is 1. The number of carbonyl (C=O) groups excluding carboxylic acids is 1. The summed E-state index contributed by atoms with van der Waals surface area (Å²) in [5, 5.41) is 2.22. The molecule has 2 heteroatoms. The molecule has 1 radical (unpaired) electrons. The first-order valence-electron chi connectivity index (χ1n) is 5.62. The van der Waals surface area contributed by atoms with Crippen molar-refractivity contribution in [2.24, 2.45) is 0 Å². The molecular weight excluding hydrogens is 212 g/mol. The highest BCUT2D eigenvalue weighted by Crippen LogP contribution is 2.28. The van der Waals surface area contributed by atoms with Gasteiger partial charge in [-0.1, -0.05) is 49.4 Å². The molecule has 0 heterocycles. The lowest BCUT2D eigenvalue weighted by atomic mass is 9.91. The summed E-state index contributed by atoms with van der Waals surface area (Å²) in [6.07, 6.45) is 0.501. The van der Waals surface area contributed by atoms with Gasteiger partial charge in [0.1, 0.15) is 0 Å². The van der Waals surface area contributed by atoms with Gasteiger partial charge in [0.05, 0.1) is 13.0 Å². The standard InChI is InChI=1S/C15H15O2/c1-3-12(15(16)17-2)14-10-6-8-11-7-4-5-9-13(11)14/h4-10,12H,1,3H2,2H3. The summed E-state index contributed by atoms with van der Waals surface area (Å²) in [6.45, 7) is 3.84. The Bertz CT molecular complexity index is 526. The normalized spacial score (nSPS) is 12.4. The fourth-order valence-electron chi connectivity index (χ4n) is 2.10. The Hall–Kier alpha value is -1.83. The van der Waals surface area contributed by atoms with Crippen LogP contribution >= 0.6 is 0 Å². The zero-order valence-electron chi connectivity index (χ0n) is 9.85. The number of carbonyl (C=O) groups is 1. The second-order valence-corrected chi connectivity index (χ2v) is 3.93. The average Bonchev–Trinajstić information content (AvgIpc) is 2.39. The van der Waals surface area contributed by atoms with Crippen LogP contribution in [0.2, 0.25) is 0 Å². The topological polar surface area (TPSA) is 26.3 Å². The number of methoxy groups -OCH3 is 1. The first-order valence-corrected chi connectivity index (χ1v) is 5.62. The summed E-state index contributed by atoms with van der Waals surface area (Å²) in [5.41, 5.74) is 0.991. The Balaban J connectivity index is 2.57. The van der Waals surface area contributed by atoms with Crippen molar-refractivity contribution in [2.45, 2.75) is 12.3 Å². The van der Waals surface area contributed by atoms with Crippen molar-refractivity contribution in [3.63, 3.8) is 0 Å². The zero-order valence-corrected chi connectivity index (χ0v) is 9.85. The lowest BCUT2D eigenvalue weighted by Crippen LogP contribution is -2.13. The van der Waals surface area contributed by atoms with Gasteiger partial charge in [-0.05, 0) is 22.8 Å². The number of rotatable bonds is 3. The molecule has 2 aromatic rings. The van der Waals surface area contributed by atoms with Gasteiger partial charge in [0.25, 0.3) is 0 Å². The molecule has 17 heavy (non-hydrogen) atoms. The van der Waals surface area contributed by atoms with E-state index in [1.165, 1.54) is 7.11 Å². The molecule has 0 bridgehead atoms. The summed E-state index contributed by atoms with van der Waals surface area (Å²) in [6, 6.07) is 14.0. The van der Waals surface area contributed by atoms with Crippen LogP contribution in [-0.2, 0) is 9.53 Å². The number of ether oxygens (including phenoxy) is 1. The van der Waals surface area contributed by atoms with Gasteiger partial charge in [0, 0.05) is 0 Å². The van der Waals surface area contributed by atoms with E-state index in [1.807, 2.05) is 42.5 Å². The predicted molar refractivity (Wildman–Crippen MR) is 68.7 cm³/mol. The van der Waals surface area contributed by atoms with E-state index in [1.54, 1.807) is 0 Å². The summed E-state index contributed by atoms with van der Waals surface area (Å²) >= 11 is 0. The van der Waals surface area contributed by atoms with Gasteiger partial charge in [0.2, 0.25) is 0 Å². The maximum absolute atomic E-state index is 11.7. The fourth-order valence-corrected chi connectivity index (χ4v) is 2.10. The molecular formula is C15H15O2. The Kier molecular flexibility index (Phi) is 3.43. The molecule has 2 rings (SSSR count). The molecule has 2 aromatic carbocycles. The van der Waals surface area contributed by atoms with E-state index in [9.17, 15) is 4.79 Å². The number of esters is 1. The van der Waals surface area contributed by atoms with Crippen LogP contribution in [0.1, 0.15) is 17.9 Å². The second kappa shape index (κ2) is 5.00. The van der Waals surface area contributed by atoms with E-state index >= 15 is 0 Å². The predicted octanol–water partition coefficient (Wildman–Crippen LogP) is 3.32. The highest BCUT2D eigenvalue weighted by Gasteiger charge is 2.20. The van der Waals surface area contributed by atoms with Gasteiger partial charge in [-0.2, -0.15) is 0 Å². The quantitative estimate of drug-likeness (QED) is 0.752. The number of benzene rings is 2. The van der Waals surface area contributed by atoms with Crippen LogP contribution in [0, 0.1) is 6.92 Å². The first kappa shape index (κ1) is 11.6. The second-order valence-electron chi connectivity index (χ2n) is 3.93. The van der Waals surface area contributed by atoms with Crippen LogP contribution in [0.4, 0.5) is 0 Å². The molecule has 0 N–H and O–H groups in total. The van der Waals surface area contributed by atoms with Crippen LogP contribution in [0.3, 0.4) is 0 Å². The van der Waals surface area contributed by atoms with Crippen molar-refractivity contribution in [1.82, 2.24) is 0 Å². The van der Waals surface area contributed by atoms with E-state index < -0.39 is 0 Å². The van der Waals surface area contributed by atoms with Crippen molar-refractivity contribution in [2.75, 3.05) is 7.11 Å². The Morgan fingerprint density at radius 2 is 1.94 bits per heavy atom. The summed E-state index contributed by atoms with van der Waals surface area (Å²) < 4.78 is 4.83. The van der Waals surface area contributed by atoms with Crippen LogP contribution in [0.5, 0.6) is 0 Å². The van der Waals surface area contributed by atoms with Crippen molar-refractivity contribution in [3.05, 3.63) is 55.0 Å². The molecule has 0 saturated carbocycles. The van der Waals surface area contributed by atoms with Crippen molar-refractivity contribution in [1.29, 1.82) is 0 Å². The highest BCUT2D eigenvalue weighted by atomic mass is 16.5. The monoisotopic (exact) mass is 227 g/mol. The van der Waals surface area contributed by atoms with Gasteiger partial charge in [0.15, 0.2) is 0 Å². The molecule has 2 nitrogen and oxygen atoms in total. The summed E-state index contributed by atoms with van der Waals surface area (Å²) in [5.74, 6) is -0.512. The molecule has 0 spiro atoms. The van der Waals surface area contributed by atoms with E-state index in [4.69, 9.17) is 4.74 Å². The number of hydrogen-bond donors (Lipinski definition) is 0. The highest BCUT2D eigenvalue weighted by molar-refractivity contribution is 5.91. The molecule has 0 aliphatic carbocycles. The maximum Gasteiger partial charge on any atom is 0.313 e. The van der Waals surface area contributed by atoms with Gasteiger partial charge >= 0.3 is 5.97 Å². The Morgan fingerprint density at radius 3 is 2.65 bits per heavy atom. The van der Waals surface area contributed by atoms with E-state index in [2.05, 4.69) is 6.92 Å². The molecule has 0 saturated heterocycles. The SMILES string of the molecule is [CH2]CC(C(=O)OC)c1cccc2ccccc12. The molecule has 0 aromatic heterocycles. The van der Waals surface area contributed by atoms with E-state index in [-0.39, 0.29) is 11.9 Å². The van der Waals surface area contributed by atoms with Gasteiger partial charge < -0.3 is 4.74 Å². The van der Waals surface area contributed by atoms with E-state index in [0.29, 0.717) is 6.42 Å². The molecule has 1 unspecified atom stereocenters. The third-order valence-corrected chi connectivity index (χ3v) is 2.97. The minimum atomic E-state index is -0.286. The summed E-state index contributed by atoms with van der Waals surface area (Å²) in [7, 11) is 1.41. The Labute approximate surface area is 101 Å². The molecule has 0 aliphatic rings. The van der Waals surface area contributed by atoms with Gasteiger partial charge in [-0.25, -0.2) is 0 Å². The lowest BCUT2D eigenvalue weighted by molar-refractivity contribution is -0.142. The molecule has 87 valence electrons. The minimum absolute atomic E-state index is 0.226. The van der Waals surface area contributed by atoms with Crippen LogP contribution in [-0.4, -0.2) is 13.1 Å². The van der Waals surface area contributed by atoms with Crippen molar-refractivity contribution < 1.29 is 9.53 Å². The molecule has 0 aliphatic heterocycles. The largest absolute Gasteiger partial charge is 0.469 e. The van der Waals surface area contributed by atoms with Crippen LogP contribution in [0.15, 0.2) is 42.5 Å². The zero-order chi connectivity index (χ0) is 12.3. The molecule has 0 fully saturated rings. The average molecular weight is 227 g/mol. The Morgan fingerprint density at radius 1 is 1.24 bits per heavy atom. The minimum Gasteiger partial charge on any atom is -0.469 e. The number of hydrogen-bond acceptors (Lipinski definition) is 2. The fraction of sp³-hybridized carbons (Fsp3) is 0.200. The molecule has 1 atom stereocenters. The van der Waals surface area contributed by atoms with Gasteiger partial charge in [-0.15, -0.1) is 0 Å². The third kappa shape index (κ3) is 2.16. The van der Waals surface area contributed by atoms with Crippen LogP contribution in [0.25, 0.3) is 10.8 Å². The van der Waals surface area contributed by atoms with Crippen molar-refractivity contribution in [3.8, 4) is 0 Å². The lowest BCUT2D eigenvalue weighted by Gasteiger charge is -2.15. The summed E-state index contributed by atoms with van der Waals surface area (Å²) in [4.78, 5) is 11.7. The van der Waals surface area contributed by atoms with Gasteiger partial charge in [-0.3, -0.25) is 4.79 Å². The maximum atomic E-state index is 11.7. The smallest absolute Gasteiger partial charge is 0.313 e. The third-order valence-electron chi connectivity index (χ3n) is 2.97.